The number of ether oxygens (including phenoxy) is 2. The molecule has 4 rings (SSSR count). The number of nitro groups is 1. The van der Waals surface area contributed by atoms with Gasteiger partial charge in [0.15, 0.2) is 5.75 Å². The SMILES string of the molecule is COC(=O)[C@@H](Cc1ccc(OC)c([N+](=O)[O-])c1)NC(=O)C(c1ccccc1)(c1ccccc1)c1ccccc1. The molecule has 1 N–H and O–H groups in total. The molecule has 0 fully saturated rings. The van der Waals surface area contributed by atoms with Gasteiger partial charge in [-0.3, -0.25) is 14.9 Å². The number of hydrogen-bond acceptors (Lipinski definition) is 6. The van der Waals surface area contributed by atoms with Crippen LogP contribution in [0.25, 0.3) is 0 Å². The minimum Gasteiger partial charge on any atom is -0.490 e. The van der Waals surface area contributed by atoms with Crippen LogP contribution in [0.3, 0.4) is 0 Å². The molecule has 0 heterocycles. The highest BCUT2D eigenvalue weighted by Crippen LogP contribution is 2.40. The van der Waals surface area contributed by atoms with Crippen molar-refractivity contribution < 1.29 is 24.0 Å². The number of nitrogens with one attached hydrogen (secondary N) is 1. The minimum atomic E-state index is -1.30. The second-order valence-electron chi connectivity index (χ2n) is 8.86. The molecule has 1 atom stereocenters. The number of nitro benzene ring substituents is 1. The largest absolute Gasteiger partial charge is 0.490 e. The lowest BCUT2D eigenvalue weighted by Crippen LogP contribution is -2.52. The second kappa shape index (κ2) is 12.0. The van der Waals surface area contributed by atoms with Gasteiger partial charge in [-0.05, 0) is 28.3 Å². The van der Waals surface area contributed by atoms with Gasteiger partial charge in [0.1, 0.15) is 11.5 Å². The van der Waals surface area contributed by atoms with Gasteiger partial charge in [-0.2, -0.15) is 0 Å². The molecule has 0 saturated carbocycles. The molecule has 4 aromatic carbocycles. The van der Waals surface area contributed by atoms with Gasteiger partial charge < -0.3 is 14.8 Å². The summed E-state index contributed by atoms with van der Waals surface area (Å²) in [6, 6.07) is 31.3. The van der Waals surface area contributed by atoms with Crippen LogP contribution in [0.4, 0.5) is 5.69 Å². The van der Waals surface area contributed by atoms with E-state index in [1.807, 2.05) is 91.0 Å². The van der Waals surface area contributed by atoms with Crippen molar-refractivity contribution in [3.63, 3.8) is 0 Å². The molecule has 0 unspecified atom stereocenters. The van der Waals surface area contributed by atoms with Gasteiger partial charge in [-0.15, -0.1) is 0 Å². The molecule has 8 nitrogen and oxygen atoms in total. The maximum atomic E-state index is 14.5. The molecular formula is C31H28N2O6. The van der Waals surface area contributed by atoms with Crippen molar-refractivity contribution in [2.24, 2.45) is 0 Å². The van der Waals surface area contributed by atoms with Crippen molar-refractivity contribution in [3.8, 4) is 5.75 Å². The number of rotatable bonds is 10. The zero-order valence-corrected chi connectivity index (χ0v) is 21.6. The van der Waals surface area contributed by atoms with E-state index in [-0.39, 0.29) is 17.9 Å². The summed E-state index contributed by atoms with van der Waals surface area (Å²) in [4.78, 5) is 38.4. The molecule has 0 saturated heterocycles. The zero-order chi connectivity index (χ0) is 27.8. The van der Waals surface area contributed by atoms with Crippen molar-refractivity contribution >= 4 is 17.6 Å². The zero-order valence-electron chi connectivity index (χ0n) is 21.6. The summed E-state index contributed by atoms with van der Waals surface area (Å²) in [5.74, 6) is -1.02. The Hall–Kier alpha value is -4.98. The predicted octanol–water partition coefficient (Wildman–Crippen LogP) is 4.84. The number of methoxy groups -OCH3 is 2. The van der Waals surface area contributed by atoms with E-state index in [0.29, 0.717) is 22.3 Å². The van der Waals surface area contributed by atoms with Gasteiger partial charge in [0.05, 0.1) is 19.1 Å². The van der Waals surface area contributed by atoms with Crippen LogP contribution in [0.5, 0.6) is 5.75 Å². The van der Waals surface area contributed by atoms with Crippen LogP contribution in [-0.2, 0) is 26.2 Å². The van der Waals surface area contributed by atoms with Gasteiger partial charge in [0.2, 0.25) is 5.91 Å². The van der Waals surface area contributed by atoms with Crippen molar-refractivity contribution in [3.05, 3.63) is 142 Å². The van der Waals surface area contributed by atoms with E-state index in [1.165, 1.54) is 26.4 Å². The number of carbonyl (C=O) groups is 2. The van der Waals surface area contributed by atoms with Gasteiger partial charge >= 0.3 is 11.7 Å². The maximum absolute atomic E-state index is 14.5. The lowest BCUT2D eigenvalue weighted by atomic mass is 9.68. The average Bonchev–Trinajstić information content (AvgIpc) is 2.98. The van der Waals surface area contributed by atoms with Crippen LogP contribution < -0.4 is 10.1 Å². The lowest BCUT2D eigenvalue weighted by Gasteiger charge is -2.35. The average molecular weight is 525 g/mol. The van der Waals surface area contributed by atoms with E-state index >= 15 is 0 Å². The normalized spacial score (nSPS) is 11.7. The van der Waals surface area contributed by atoms with Crippen molar-refractivity contribution in [2.45, 2.75) is 17.9 Å². The summed E-state index contributed by atoms with van der Waals surface area (Å²) in [6.07, 6.45) is -0.0301. The second-order valence-corrected chi connectivity index (χ2v) is 8.86. The monoisotopic (exact) mass is 524 g/mol. The van der Waals surface area contributed by atoms with Gasteiger partial charge in [-0.25, -0.2) is 4.79 Å². The first-order valence-corrected chi connectivity index (χ1v) is 12.3. The molecule has 0 bridgehead atoms. The quantitative estimate of drug-likeness (QED) is 0.138. The Morgan fingerprint density at radius 3 is 1.72 bits per heavy atom. The number of esters is 1. The van der Waals surface area contributed by atoms with Gasteiger partial charge in [0.25, 0.3) is 0 Å². The molecule has 4 aromatic rings. The summed E-state index contributed by atoms with van der Waals surface area (Å²) < 4.78 is 10.1. The van der Waals surface area contributed by atoms with Crippen LogP contribution in [0, 0.1) is 10.1 Å². The van der Waals surface area contributed by atoms with E-state index in [9.17, 15) is 19.7 Å². The molecule has 39 heavy (non-hydrogen) atoms. The fourth-order valence-corrected chi connectivity index (χ4v) is 4.80. The highest BCUT2D eigenvalue weighted by molar-refractivity contribution is 5.98. The summed E-state index contributed by atoms with van der Waals surface area (Å²) in [6.45, 7) is 0. The molecule has 1 amide bonds. The molecule has 0 aliphatic rings. The molecule has 8 heteroatoms. The third kappa shape index (κ3) is 5.50. The van der Waals surface area contributed by atoms with E-state index in [1.54, 1.807) is 6.07 Å². The van der Waals surface area contributed by atoms with Gasteiger partial charge in [-0.1, -0.05) is 97.1 Å². The van der Waals surface area contributed by atoms with E-state index < -0.39 is 28.3 Å². The molecule has 0 aliphatic carbocycles. The summed E-state index contributed by atoms with van der Waals surface area (Å²) in [7, 11) is 2.58. The summed E-state index contributed by atoms with van der Waals surface area (Å²) >= 11 is 0. The lowest BCUT2D eigenvalue weighted by molar-refractivity contribution is -0.385. The third-order valence-corrected chi connectivity index (χ3v) is 6.63. The van der Waals surface area contributed by atoms with Crippen LogP contribution >= 0.6 is 0 Å². The molecule has 0 aromatic heterocycles. The van der Waals surface area contributed by atoms with Crippen molar-refractivity contribution in [2.75, 3.05) is 14.2 Å². The fourth-order valence-electron chi connectivity index (χ4n) is 4.80. The predicted molar refractivity (Wildman–Crippen MR) is 147 cm³/mol. The van der Waals surface area contributed by atoms with E-state index in [0.717, 1.165) is 0 Å². The minimum absolute atomic E-state index is 0.0301. The first-order chi connectivity index (χ1) is 18.9. The van der Waals surface area contributed by atoms with E-state index in [4.69, 9.17) is 9.47 Å². The molecule has 0 aliphatic heterocycles. The number of benzene rings is 4. The van der Waals surface area contributed by atoms with Crippen molar-refractivity contribution in [1.29, 1.82) is 0 Å². The number of amides is 1. The van der Waals surface area contributed by atoms with Crippen LogP contribution in [0.1, 0.15) is 22.3 Å². The van der Waals surface area contributed by atoms with Crippen molar-refractivity contribution in [1.82, 2.24) is 5.32 Å². The Kier molecular flexibility index (Phi) is 8.36. The molecule has 198 valence electrons. The summed E-state index contributed by atoms with van der Waals surface area (Å²) in [5.41, 5.74) is 1.05. The third-order valence-electron chi connectivity index (χ3n) is 6.63. The van der Waals surface area contributed by atoms with E-state index in [2.05, 4.69) is 5.32 Å². The first kappa shape index (κ1) is 27.1. The first-order valence-electron chi connectivity index (χ1n) is 12.3. The topological polar surface area (TPSA) is 108 Å². The number of nitrogens with zero attached hydrogens (tertiary/aromatic N) is 1. The maximum Gasteiger partial charge on any atom is 0.328 e. The highest BCUT2D eigenvalue weighted by Gasteiger charge is 2.45. The Labute approximate surface area is 226 Å². The fraction of sp³-hybridized carbons (Fsp3) is 0.161. The van der Waals surface area contributed by atoms with Crippen LogP contribution in [0.2, 0.25) is 0 Å². The molecular weight excluding hydrogens is 496 g/mol. The van der Waals surface area contributed by atoms with Crippen LogP contribution in [-0.4, -0.2) is 37.1 Å². The Morgan fingerprint density at radius 2 is 1.31 bits per heavy atom. The van der Waals surface area contributed by atoms with Crippen LogP contribution in [0.15, 0.2) is 109 Å². The number of carbonyl (C=O) groups excluding carboxylic acids is 2. The summed E-state index contributed by atoms with van der Waals surface area (Å²) in [5, 5.41) is 14.5. The molecule has 0 radical (unpaired) electrons. The smallest absolute Gasteiger partial charge is 0.328 e. The number of hydrogen-bond donors (Lipinski definition) is 1. The highest BCUT2D eigenvalue weighted by atomic mass is 16.6. The molecule has 0 spiro atoms. The Morgan fingerprint density at radius 1 is 0.821 bits per heavy atom. The standard InChI is InChI=1S/C31H28N2O6/c1-38-28-19-18-22(21-27(28)33(36)37)20-26(29(34)39-2)32-30(35)31(23-12-6-3-7-13-23,24-14-8-4-9-15-24)25-16-10-5-11-17-25/h3-19,21,26H,20H2,1-2H3,(H,32,35)/t26-/m1/s1. The Balaban J connectivity index is 1.82. The van der Waals surface area contributed by atoms with Gasteiger partial charge in [0, 0.05) is 12.5 Å². The Bertz CT molecular complexity index is 1350.